The molecule has 1 aliphatic heterocycles. The Hall–Kier alpha value is -2.34. The second-order valence-electron chi connectivity index (χ2n) is 8.67. The minimum atomic E-state index is -3.10. The van der Waals surface area contributed by atoms with Crippen LogP contribution in [0.25, 0.3) is 0 Å². The fourth-order valence-corrected chi connectivity index (χ4v) is 5.32. The third-order valence-corrected chi connectivity index (χ3v) is 7.17. The van der Waals surface area contributed by atoms with Gasteiger partial charge in [-0.1, -0.05) is 45.0 Å². The molecular weight excluding hydrogens is 386 g/mol. The Bertz CT molecular complexity index is 957. The van der Waals surface area contributed by atoms with Crippen LogP contribution in [0.2, 0.25) is 0 Å². The van der Waals surface area contributed by atoms with Crippen molar-refractivity contribution in [2.75, 3.05) is 18.6 Å². The van der Waals surface area contributed by atoms with Crippen molar-refractivity contribution in [3.63, 3.8) is 0 Å². The lowest BCUT2D eigenvalue weighted by Crippen LogP contribution is -2.40. The van der Waals surface area contributed by atoms with Gasteiger partial charge in [0.25, 0.3) is 5.91 Å². The van der Waals surface area contributed by atoms with Crippen LogP contribution >= 0.6 is 0 Å². The summed E-state index contributed by atoms with van der Waals surface area (Å²) in [4.78, 5) is 15.0. The molecule has 1 atom stereocenters. The van der Waals surface area contributed by atoms with E-state index in [1.807, 2.05) is 12.1 Å². The highest BCUT2D eigenvalue weighted by Gasteiger charge is 2.35. The Morgan fingerprint density at radius 2 is 1.69 bits per heavy atom. The second kappa shape index (κ2) is 8.19. The molecule has 0 aliphatic carbocycles. The number of ether oxygens (including phenoxy) is 1. The van der Waals surface area contributed by atoms with Crippen molar-refractivity contribution in [2.24, 2.45) is 0 Å². The van der Waals surface area contributed by atoms with Gasteiger partial charge in [0.15, 0.2) is 9.84 Å². The Morgan fingerprint density at radius 3 is 2.17 bits per heavy atom. The number of benzene rings is 2. The predicted molar refractivity (Wildman–Crippen MR) is 115 cm³/mol. The molecule has 6 heteroatoms. The first-order chi connectivity index (χ1) is 13.6. The van der Waals surface area contributed by atoms with Crippen molar-refractivity contribution >= 4 is 15.7 Å². The summed E-state index contributed by atoms with van der Waals surface area (Å²) in [5.74, 6) is 0.672. The summed E-state index contributed by atoms with van der Waals surface area (Å²) in [6, 6.07) is 14.8. The van der Waals surface area contributed by atoms with E-state index in [1.165, 1.54) is 5.56 Å². The van der Waals surface area contributed by atoms with Gasteiger partial charge in [0.2, 0.25) is 0 Å². The van der Waals surface area contributed by atoms with Crippen LogP contribution in [-0.4, -0.2) is 43.9 Å². The highest BCUT2D eigenvalue weighted by molar-refractivity contribution is 7.91. The number of methoxy groups -OCH3 is 1. The van der Waals surface area contributed by atoms with Gasteiger partial charge in [0.05, 0.1) is 18.6 Å². The zero-order chi connectivity index (χ0) is 21.2. The van der Waals surface area contributed by atoms with Crippen LogP contribution in [0.3, 0.4) is 0 Å². The molecule has 2 aromatic rings. The van der Waals surface area contributed by atoms with Crippen molar-refractivity contribution in [2.45, 2.75) is 45.2 Å². The van der Waals surface area contributed by atoms with Crippen LogP contribution in [0, 0.1) is 0 Å². The van der Waals surface area contributed by atoms with Crippen LogP contribution in [0.1, 0.15) is 48.7 Å². The lowest BCUT2D eigenvalue weighted by molar-refractivity contribution is 0.0681. The first-order valence-electron chi connectivity index (χ1n) is 9.84. The molecule has 0 radical (unpaired) electrons. The van der Waals surface area contributed by atoms with Crippen molar-refractivity contribution in [1.29, 1.82) is 0 Å². The molecule has 1 saturated heterocycles. The maximum absolute atomic E-state index is 13.3. The molecule has 0 N–H and O–H groups in total. The summed E-state index contributed by atoms with van der Waals surface area (Å²) in [5.41, 5.74) is 2.79. The number of hydrogen-bond acceptors (Lipinski definition) is 4. The molecule has 0 saturated carbocycles. The standard InChI is InChI=1S/C23H29NO4S/c1-23(2,3)19-9-5-17(6-10-19)15-24(20-13-14-29(26,27)16-20)22(25)18-7-11-21(28-4)12-8-18/h5-12,20H,13-16H2,1-4H3. The van der Waals surface area contributed by atoms with Crippen molar-refractivity contribution in [1.82, 2.24) is 4.90 Å². The summed E-state index contributed by atoms with van der Waals surface area (Å²) >= 11 is 0. The van der Waals surface area contributed by atoms with E-state index < -0.39 is 9.84 Å². The number of carbonyl (C=O) groups excluding carboxylic acids is 1. The van der Waals surface area contributed by atoms with E-state index in [4.69, 9.17) is 4.74 Å². The van der Waals surface area contributed by atoms with E-state index in [-0.39, 0.29) is 28.9 Å². The minimum absolute atomic E-state index is 0.0228. The van der Waals surface area contributed by atoms with E-state index in [9.17, 15) is 13.2 Å². The first-order valence-corrected chi connectivity index (χ1v) is 11.7. The fraction of sp³-hybridized carbons (Fsp3) is 0.435. The number of carbonyl (C=O) groups is 1. The van der Waals surface area contributed by atoms with E-state index >= 15 is 0 Å². The predicted octanol–water partition coefficient (Wildman–Crippen LogP) is 3.82. The van der Waals surface area contributed by atoms with E-state index in [0.29, 0.717) is 24.3 Å². The quantitative estimate of drug-likeness (QED) is 0.745. The molecule has 156 valence electrons. The normalized spacial score (nSPS) is 18.4. The van der Waals surface area contributed by atoms with Crippen LogP contribution in [-0.2, 0) is 21.8 Å². The molecule has 1 heterocycles. The number of rotatable bonds is 5. The van der Waals surface area contributed by atoms with Gasteiger partial charge >= 0.3 is 0 Å². The van der Waals surface area contributed by atoms with Gasteiger partial charge in [0, 0.05) is 18.2 Å². The lowest BCUT2D eigenvalue weighted by Gasteiger charge is -2.29. The first kappa shape index (κ1) is 21.4. The van der Waals surface area contributed by atoms with Crippen molar-refractivity contribution in [3.05, 3.63) is 65.2 Å². The van der Waals surface area contributed by atoms with Gasteiger partial charge in [-0.15, -0.1) is 0 Å². The largest absolute Gasteiger partial charge is 0.497 e. The summed E-state index contributed by atoms with van der Waals surface area (Å²) < 4.78 is 29.2. The highest BCUT2D eigenvalue weighted by atomic mass is 32.2. The smallest absolute Gasteiger partial charge is 0.254 e. The summed E-state index contributed by atoms with van der Waals surface area (Å²) in [7, 11) is -1.52. The maximum Gasteiger partial charge on any atom is 0.254 e. The van der Waals surface area contributed by atoms with Crippen molar-refractivity contribution in [3.8, 4) is 5.75 Å². The van der Waals surface area contributed by atoms with Gasteiger partial charge in [-0.25, -0.2) is 8.42 Å². The minimum Gasteiger partial charge on any atom is -0.497 e. The SMILES string of the molecule is COc1ccc(C(=O)N(Cc2ccc(C(C)(C)C)cc2)C2CCS(=O)(=O)C2)cc1. The molecule has 0 aromatic heterocycles. The third kappa shape index (κ3) is 5.18. The number of nitrogens with zero attached hydrogens (tertiary/aromatic N) is 1. The van der Waals surface area contributed by atoms with Crippen LogP contribution < -0.4 is 4.74 Å². The van der Waals surface area contributed by atoms with Gasteiger partial charge in [0.1, 0.15) is 5.75 Å². The molecule has 29 heavy (non-hydrogen) atoms. The van der Waals surface area contributed by atoms with E-state index in [1.54, 1.807) is 36.3 Å². The van der Waals surface area contributed by atoms with Crippen molar-refractivity contribution < 1.29 is 17.9 Å². The van der Waals surface area contributed by atoms with Crippen LogP contribution in [0.4, 0.5) is 0 Å². The van der Waals surface area contributed by atoms with Gasteiger partial charge in [-0.3, -0.25) is 4.79 Å². The molecule has 1 unspecified atom stereocenters. The van der Waals surface area contributed by atoms with Gasteiger partial charge < -0.3 is 9.64 Å². The summed E-state index contributed by atoms with van der Waals surface area (Å²) in [6.07, 6.45) is 0.476. The average molecular weight is 416 g/mol. The number of hydrogen-bond donors (Lipinski definition) is 0. The fourth-order valence-electron chi connectivity index (χ4n) is 3.59. The summed E-state index contributed by atoms with van der Waals surface area (Å²) in [6.45, 7) is 6.86. The molecule has 1 fully saturated rings. The molecule has 0 bridgehead atoms. The Kier molecular flexibility index (Phi) is 6.03. The molecule has 2 aromatic carbocycles. The number of sulfone groups is 1. The molecular formula is C23H29NO4S. The molecule has 1 aliphatic rings. The molecule has 0 spiro atoms. The Labute approximate surface area is 173 Å². The maximum atomic E-state index is 13.3. The highest BCUT2D eigenvalue weighted by Crippen LogP contribution is 2.25. The van der Waals surface area contributed by atoms with Gasteiger partial charge in [-0.05, 0) is 47.2 Å². The van der Waals surface area contributed by atoms with Gasteiger partial charge in [-0.2, -0.15) is 0 Å². The lowest BCUT2D eigenvalue weighted by atomic mass is 9.86. The zero-order valence-corrected chi connectivity index (χ0v) is 18.3. The second-order valence-corrected chi connectivity index (χ2v) is 10.9. The third-order valence-electron chi connectivity index (χ3n) is 5.42. The topological polar surface area (TPSA) is 63.7 Å². The van der Waals surface area contributed by atoms with E-state index in [2.05, 4.69) is 32.9 Å². The average Bonchev–Trinajstić information content (AvgIpc) is 3.05. The van der Waals surface area contributed by atoms with Crippen LogP contribution in [0.5, 0.6) is 5.75 Å². The monoisotopic (exact) mass is 415 g/mol. The molecule has 1 amide bonds. The zero-order valence-electron chi connectivity index (χ0n) is 17.5. The Balaban J connectivity index is 1.87. The molecule has 5 nitrogen and oxygen atoms in total. The van der Waals surface area contributed by atoms with E-state index in [0.717, 1.165) is 5.56 Å². The summed E-state index contributed by atoms with van der Waals surface area (Å²) in [5, 5.41) is 0. The van der Waals surface area contributed by atoms with Crippen LogP contribution in [0.15, 0.2) is 48.5 Å². The number of amides is 1. The molecule has 3 rings (SSSR count). The Morgan fingerprint density at radius 1 is 1.07 bits per heavy atom.